The molecule has 2 heterocycles. The number of nitrogens with zero attached hydrogens (tertiary/aromatic N) is 3. The predicted octanol–water partition coefficient (Wildman–Crippen LogP) is 2.58. The van der Waals surface area contributed by atoms with E-state index in [2.05, 4.69) is 10.4 Å². The zero-order valence-corrected chi connectivity index (χ0v) is 16.3. The highest BCUT2D eigenvalue weighted by molar-refractivity contribution is 5.92. The minimum absolute atomic E-state index is 0.102. The number of benzene rings is 2. The first-order valence-corrected chi connectivity index (χ1v) is 9.39. The molecule has 1 amide bonds. The molecule has 1 aliphatic rings. The minimum Gasteiger partial charge on any atom is -0.497 e. The van der Waals surface area contributed by atoms with Gasteiger partial charge in [0.15, 0.2) is 0 Å². The van der Waals surface area contributed by atoms with Gasteiger partial charge in [0.05, 0.1) is 13.0 Å². The van der Waals surface area contributed by atoms with Crippen molar-refractivity contribution in [2.24, 2.45) is 13.0 Å². The van der Waals surface area contributed by atoms with Crippen molar-refractivity contribution in [3.8, 4) is 17.2 Å². The van der Waals surface area contributed by atoms with Crippen LogP contribution < -0.4 is 20.5 Å². The van der Waals surface area contributed by atoms with E-state index >= 15 is 0 Å². The van der Waals surface area contributed by atoms with Gasteiger partial charge in [-0.15, -0.1) is 0 Å². The average Bonchev–Trinajstić information content (AvgIpc) is 3.03. The fourth-order valence-corrected chi connectivity index (χ4v) is 3.38. The number of anilines is 1. The summed E-state index contributed by atoms with van der Waals surface area (Å²) in [5.74, 6) is 2.50. The van der Waals surface area contributed by atoms with Gasteiger partial charge in [-0.2, -0.15) is 5.10 Å². The summed E-state index contributed by atoms with van der Waals surface area (Å²) in [5, 5.41) is 7.12. The van der Waals surface area contributed by atoms with Gasteiger partial charge in [-0.1, -0.05) is 0 Å². The molecule has 1 aliphatic heterocycles. The number of aryl methyl sites for hydroxylation is 2. The van der Waals surface area contributed by atoms with E-state index < -0.39 is 0 Å². The highest BCUT2D eigenvalue weighted by Gasteiger charge is 2.27. The first-order chi connectivity index (χ1) is 14.0. The van der Waals surface area contributed by atoms with Crippen LogP contribution in [0.2, 0.25) is 0 Å². The number of rotatable bonds is 5. The number of aromatic nitrogens is 3. The van der Waals surface area contributed by atoms with Crippen LogP contribution in [-0.2, 0) is 24.8 Å². The SMILES string of the molecule is COc1ccc(Oc2ccc(NC(=O)C3CCc4nn(C)c(=O)n4C3)cc2)cc1. The number of amides is 1. The Kier molecular flexibility index (Phi) is 5.07. The third-order valence-corrected chi connectivity index (χ3v) is 4.99. The standard InChI is InChI=1S/C21H22N4O4/c1-24-21(27)25-13-14(3-12-19(25)23-24)20(26)22-15-4-6-17(7-5-15)29-18-10-8-16(28-2)9-11-18/h4-11,14H,3,12-13H2,1-2H3,(H,22,26). The Labute approximate surface area is 167 Å². The molecule has 1 unspecified atom stereocenters. The van der Waals surface area contributed by atoms with Crippen molar-refractivity contribution >= 4 is 11.6 Å². The van der Waals surface area contributed by atoms with Crippen molar-refractivity contribution in [2.75, 3.05) is 12.4 Å². The van der Waals surface area contributed by atoms with Crippen molar-refractivity contribution in [1.82, 2.24) is 14.3 Å². The van der Waals surface area contributed by atoms with Crippen molar-refractivity contribution in [2.45, 2.75) is 19.4 Å². The topological polar surface area (TPSA) is 87.4 Å². The summed E-state index contributed by atoms with van der Waals surface area (Å²) in [5.41, 5.74) is 0.499. The molecule has 0 radical (unpaired) electrons. The lowest BCUT2D eigenvalue weighted by molar-refractivity contribution is -0.120. The summed E-state index contributed by atoms with van der Waals surface area (Å²) in [4.78, 5) is 24.7. The third-order valence-electron chi connectivity index (χ3n) is 4.99. The normalized spacial score (nSPS) is 15.4. The fourth-order valence-electron chi connectivity index (χ4n) is 3.38. The van der Waals surface area contributed by atoms with Crippen LogP contribution in [0.1, 0.15) is 12.2 Å². The molecule has 8 nitrogen and oxygen atoms in total. The van der Waals surface area contributed by atoms with Crippen LogP contribution in [0.3, 0.4) is 0 Å². The second-order valence-electron chi connectivity index (χ2n) is 6.96. The molecule has 0 saturated heterocycles. The molecule has 1 atom stereocenters. The van der Waals surface area contributed by atoms with Crippen LogP contribution in [0.15, 0.2) is 53.3 Å². The number of fused-ring (bicyclic) bond motifs is 1. The Bertz CT molecular complexity index is 1070. The van der Waals surface area contributed by atoms with Gasteiger partial charge in [0.25, 0.3) is 0 Å². The number of carbonyl (C=O) groups excluding carboxylic acids is 1. The second-order valence-corrected chi connectivity index (χ2v) is 6.96. The van der Waals surface area contributed by atoms with E-state index in [0.29, 0.717) is 36.6 Å². The molecule has 3 aromatic rings. The lowest BCUT2D eigenvalue weighted by Gasteiger charge is -2.21. The molecule has 2 aromatic carbocycles. The lowest BCUT2D eigenvalue weighted by Crippen LogP contribution is -2.35. The highest BCUT2D eigenvalue weighted by atomic mass is 16.5. The molecule has 0 saturated carbocycles. The summed E-state index contributed by atoms with van der Waals surface area (Å²) >= 11 is 0. The van der Waals surface area contributed by atoms with E-state index in [9.17, 15) is 9.59 Å². The van der Waals surface area contributed by atoms with Gasteiger partial charge in [-0.3, -0.25) is 9.36 Å². The summed E-state index contributed by atoms with van der Waals surface area (Å²) in [7, 11) is 3.24. The van der Waals surface area contributed by atoms with Crippen LogP contribution in [-0.4, -0.2) is 27.4 Å². The van der Waals surface area contributed by atoms with Crippen LogP contribution in [0.5, 0.6) is 17.2 Å². The summed E-state index contributed by atoms with van der Waals surface area (Å²) in [6.45, 7) is 0.354. The number of ether oxygens (including phenoxy) is 2. The number of carbonyl (C=O) groups is 1. The van der Waals surface area contributed by atoms with Gasteiger partial charge in [0, 0.05) is 25.7 Å². The zero-order valence-electron chi connectivity index (χ0n) is 16.3. The van der Waals surface area contributed by atoms with Crippen LogP contribution >= 0.6 is 0 Å². The molecule has 0 spiro atoms. The van der Waals surface area contributed by atoms with Gasteiger partial charge in [-0.05, 0) is 55.0 Å². The first kappa shape index (κ1) is 18.8. The predicted molar refractivity (Wildman–Crippen MR) is 107 cm³/mol. The molecule has 0 aliphatic carbocycles. The van der Waals surface area contributed by atoms with E-state index in [0.717, 1.165) is 11.6 Å². The molecular formula is C21H22N4O4. The Balaban J connectivity index is 1.37. The Hall–Kier alpha value is -3.55. The van der Waals surface area contributed by atoms with Gasteiger partial charge in [-0.25, -0.2) is 9.48 Å². The molecule has 0 fully saturated rings. The fraction of sp³-hybridized carbons (Fsp3) is 0.286. The van der Waals surface area contributed by atoms with Crippen molar-refractivity contribution < 1.29 is 14.3 Å². The van der Waals surface area contributed by atoms with Crippen molar-refractivity contribution in [3.63, 3.8) is 0 Å². The maximum atomic E-state index is 12.6. The van der Waals surface area contributed by atoms with Gasteiger partial charge in [0.1, 0.15) is 23.1 Å². The number of hydrogen-bond acceptors (Lipinski definition) is 5. The second kappa shape index (κ2) is 7.83. The summed E-state index contributed by atoms with van der Waals surface area (Å²) < 4.78 is 13.8. The Morgan fingerprint density at radius 1 is 1.07 bits per heavy atom. The molecule has 150 valence electrons. The first-order valence-electron chi connectivity index (χ1n) is 9.39. The zero-order chi connectivity index (χ0) is 20.4. The molecule has 1 aromatic heterocycles. The van der Waals surface area contributed by atoms with Gasteiger partial charge in [0.2, 0.25) is 5.91 Å². The van der Waals surface area contributed by atoms with Crippen LogP contribution in [0, 0.1) is 5.92 Å². The number of hydrogen-bond donors (Lipinski definition) is 1. The molecule has 29 heavy (non-hydrogen) atoms. The molecule has 4 rings (SSSR count). The van der Waals surface area contributed by atoms with Crippen molar-refractivity contribution in [1.29, 1.82) is 0 Å². The van der Waals surface area contributed by atoms with E-state index in [-0.39, 0.29) is 17.5 Å². The number of nitrogens with one attached hydrogen (secondary N) is 1. The lowest BCUT2D eigenvalue weighted by atomic mass is 9.98. The molecule has 1 N–H and O–H groups in total. The van der Waals surface area contributed by atoms with E-state index in [1.54, 1.807) is 43.0 Å². The maximum absolute atomic E-state index is 12.6. The molecule has 0 bridgehead atoms. The van der Waals surface area contributed by atoms with E-state index in [4.69, 9.17) is 9.47 Å². The monoisotopic (exact) mass is 394 g/mol. The summed E-state index contributed by atoms with van der Waals surface area (Å²) in [6, 6.07) is 14.5. The van der Waals surface area contributed by atoms with Crippen LogP contribution in [0.4, 0.5) is 5.69 Å². The third kappa shape index (κ3) is 4.01. The van der Waals surface area contributed by atoms with E-state index in [1.807, 2.05) is 24.3 Å². The largest absolute Gasteiger partial charge is 0.497 e. The van der Waals surface area contributed by atoms with Gasteiger partial charge < -0.3 is 14.8 Å². The average molecular weight is 394 g/mol. The molecular weight excluding hydrogens is 372 g/mol. The minimum atomic E-state index is -0.264. The summed E-state index contributed by atoms with van der Waals surface area (Å²) in [6.07, 6.45) is 1.28. The van der Waals surface area contributed by atoms with Gasteiger partial charge >= 0.3 is 5.69 Å². The Morgan fingerprint density at radius 3 is 2.34 bits per heavy atom. The maximum Gasteiger partial charge on any atom is 0.345 e. The highest BCUT2D eigenvalue weighted by Crippen LogP contribution is 2.25. The quantitative estimate of drug-likeness (QED) is 0.719. The number of methoxy groups -OCH3 is 1. The van der Waals surface area contributed by atoms with Crippen molar-refractivity contribution in [3.05, 3.63) is 64.8 Å². The van der Waals surface area contributed by atoms with Crippen LogP contribution in [0.25, 0.3) is 0 Å². The van der Waals surface area contributed by atoms with E-state index in [1.165, 1.54) is 4.68 Å². The molecule has 8 heteroatoms. The Morgan fingerprint density at radius 2 is 1.69 bits per heavy atom. The smallest absolute Gasteiger partial charge is 0.345 e.